The predicted molar refractivity (Wildman–Crippen MR) is 76.7 cm³/mol. The van der Waals surface area contributed by atoms with Gasteiger partial charge in [0.2, 0.25) is 0 Å². The van der Waals surface area contributed by atoms with Gasteiger partial charge in [0.25, 0.3) is 0 Å². The lowest BCUT2D eigenvalue weighted by atomic mass is 9.77. The van der Waals surface area contributed by atoms with Gasteiger partial charge in [-0.2, -0.15) is 0 Å². The van der Waals surface area contributed by atoms with E-state index in [4.69, 9.17) is 14.3 Å². The number of carboxylic acid groups (broad SMARTS) is 1. The average Bonchev–Trinajstić information content (AvgIpc) is 2.34. The molecule has 1 saturated carbocycles. The Morgan fingerprint density at radius 1 is 1.38 bits per heavy atom. The summed E-state index contributed by atoms with van der Waals surface area (Å²) in [6.07, 6.45) is 2.42. The maximum absolute atomic E-state index is 11.4. The molecule has 1 heterocycles. The number of benzene rings is 1. The molecular formula is C16H16O5. The first-order valence-corrected chi connectivity index (χ1v) is 6.93. The van der Waals surface area contributed by atoms with E-state index in [9.17, 15) is 9.59 Å². The van der Waals surface area contributed by atoms with Gasteiger partial charge in [0.05, 0.1) is 6.42 Å². The van der Waals surface area contributed by atoms with Gasteiger partial charge in [0.1, 0.15) is 16.9 Å². The zero-order chi connectivity index (χ0) is 15.0. The Kier molecular flexibility index (Phi) is 3.20. The quantitative estimate of drug-likeness (QED) is 0.875. The summed E-state index contributed by atoms with van der Waals surface area (Å²) in [5, 5.41) is 9.85. The Morgan fingerprint density at radius 3 is 2.76 bits per heavy atom. The molecule has 1 aliphatic rings. The standard InChI is InChI=1S/C16H16O5/c1-10-7-15(19)20-13-8-11(3-4-12(10)13)21-16(5-2-6-16)9-14(17)18/h3-4,7-8H,2,5-6,9H2,1H3,(H,17,18). The molecule has 5 nitrogen and oxygen atoms in total. The lowest BCUT2D eigenvalue weighted by Crippen LogP contribution is -2.45. The van der Waals surface area contributed by atoms with Crippen LogP contribution in [0.4, 0.5) is 0 Å². The molecule has 0 atom stereocenters. The SMILES string of the molecule is Cc1cc(=O)oc2cc(OC3(CC(=O)O)CCC3)ccc12. The van der Waals surface area contributed by atoms with Crippen molar-refractivity contribution in [1.29, 1.82) is 0 Å². The van der Waals surface area contributed by atoms with Gasteiger partial charge in [-0.25, -0.2) is 4.79 Å². The third-order valence-electron chi connectivity index (χ3n) is 4.00. The molecular weight excluding hydrogens is 272 g/mol. The van der Waals surface area contributed by atoms with Crippen molar-refractivity contribution in [3.05, 3.63) is 40.2 Å². The van der Waals surface area contributed by atoms with Gasteiger partial charge in [0, 0.05) is 17.5 Å². The molecule has 21 heavy (non-hydrogen) atoms. The highest BCUT2D eigenvalue weighted by molar-refractivity contribution is 5.81. The highest BCUT2D eigenvalue weighted by Crippen LogP contribution is 2.40. The van der Waals surface area contributed by atoms with E-state index in [2.05, 4.69) is 0 Å². The van der Waals surface area contributed by atoms with Gasteiger partial charge < -0.3 is 14.3 Å². The fraction of sp³-hybridized carbons (Fsp3) is 0.375. The molecule has 3 rings (SSSR count). The maximum atomic E-state index is 11.4. The Hall–Kier alpha value is -2.30. The molecule has 1 aromatic heterocycles. The first-order chi connectivity index (χ1) is 9.97. The van der Waals surface area contributed by atoms with E-state index >= 15 is 0 Å². The van der Waals surface area contributed by atoms with Crippen LogP contribution in [0.3, 0.4) is 0 Å². The maximum Gasteiger partial charge on any atom is 0.336 e. The highest BCUT2D eigenvalue weighted by Gasteiger charge is 2.41. The normalized spacial score (nSPS) is 16.4. The smallest absolute Gasteiger partial charge is 0.336 e. The third kappa shape index (κ3) is 2.63. The molecule has 0 radical (unpaired) electrons. The molecule has 0 amide bonds. The van der Waals surface area contributed by atoms with Gasteiger partial charge in [-0.15, -0.1) is 0 Å². The van der Waals surface area contributed by atoms with Crippen LogP contribution in [0.25, 0.3) is 11.0 Å². The highest BCUT2D eigenvalue weighted by atomic mass is 16.5. The van der Waals surface area contributed by atoms with Crippen LogP contribution in [0, 0.1) is 6.92 Å². The zero-order valence-electron chi connectivity index (χ0n) is 11.7. The second-order valence-electron chi connectivity index (χ2n) is 5.62. The van der Waals surface area contributed by atoms with Crippen molar-refractivity contribution in [3.8, 4) is 5.75 Å². The van der Waals surface area contributed by atoms with Crippen LogP contribution in [0.1, 0.15) is 31.2 Å². The number of hydrogen-bond acceptors (Lipinski definition) is 4. The number of aliphatic carboxylic acids is 1. The molecule has 0 spiro atoms. The first-order valence-electron chi connectivity index (χ1n) is 6.93. The van der Waals surface area contributed by atoms with Crippen LogP contribution in [-0.4, -0.2) is 16.7 Å². The minimum Gasteiger partial charge on any atom is -0.487 e. The number of carbonyl (C=O) groups is 1. The van der Waals surface area contributed by atoms with Gasteiger partial charge in [-0.3, -0.25) is 4.79 Å². The van der Waals surface area contributed by atoms with Gasteiger partial charge >= 0.3 is 11.6 Å². The van der Waals surface area contributed by atoms with Crippen molar-refractivity contribution >= 4 is 16.9 Å². The largest absolute Gasteiger partial charge is 0.487 e. The fourth-order valence-corrected chi connectivity index (χ4v) is 2.78. The van der Waals surface area contributed by atoms with Crippen molar-refractivity contribution < 1.29 is 19.1 Å². The monoisotopic (exact) mass is 288 g/mol. The Bertz CT molecular complexity index is 755. The van der Waals surface area contributed by atoms with E-state index in [-0.39, 0.29) is 6.42 Å². The second-order valence-corrected chi connectivity index (χ2v) is 5.62. The molecule has 110 valence electrons. The molecule has 0 aliphatic heterocycles. The minimum atomic E-state index is -0.863. The van der Waals surface area contributed by atoms with Crippen molar-refractivity contribution in [1.82, 2.24) is 0 Å². The average molecular weight is 288 g/mol. The number of carboxylic acids is 1. The summed E-state index contributed by atoms with van der Waals surface area (Å²) in [6, 6.07) is 6.72. The lowest BCUT2D eigenvalue weighted by molar-refractivity contribution is -0.144. The van der Waals surface area contributed by atoms with Crippen molar-refractivity contribution in [3.63, 3.8) is 0 Å². The molecule has 5 heteroatoms. The summed E-state index contributed by atoms with van der Waals surface area (Å²) in [4.78, 5) is 22.4. The van der Waals surface area contributed by atoms with E-state index in [1.807, 2.05) is 13.0 Å². The first kappa shape index (κ1) is 13.7. The Balaban J connectivity index is 1.94. The number of rotatable bonds is 4. The van der Waals surface area contributed by atoms with Crippen molar-refractivity contribution in [2.75, 3.05) is 0 Å². The van der Waals surface area contributed by atoms with Crippen LogP contribution >= 0.6 is 0 Å². The van der Waals surface area contributed by atoms with Crippen LogP contribution in [0.2, 0.25) is 0 Å². The molecule has 1 N–H and O–H groups in total. The lowest BCUT2D eigenvalue weighted by Gasteiger charge is -2.40. The van der Waals surface area contributed by atoms with E-state index in [0.29, 0.717) is 11.3 Å². The van der Waals surface area contributed by atoms with Gasteiger partial charge in [0.15, 0.2) is 0 Å². The molecule has 0 bridgehead atoms. The van der Waals surface area contributed by atoms with Gasteiger partial charge in [-0.05, 0) is 43.9 Å². The summed E-state index contributed by atoms with van der Waals surface area (Å²) in [6.45, 7) is 1.84. The summed E-state index contributed by atoms with van der Waals surface area (Å²) in [5.74, 6) is -0.324. The van der Waals surface area contributed by atoms with Crippen LogP contribution in [0.5, 0.6) is 5.75 Å². The molecule has 1 aromatic carbocycles. The molecule has 1 fully saturated rings. The van der Waals surface area contributed by atoms with Crippen LogP contribution in [0.15, 0.2) is 33.5 Å². The summed E-state index contributed by atoms with van der Waals surface area (Å²) >= 11 is 0. The summed E-state index contributed by atoms with van der Waals surface area (Å²) in [5.41, 5.74) is 0.281. The number of hydrogen-bond donors (Lipinski definition) is 1. The zero-order valence-corrected chi connectivity index (χ0v) is 11.7. The van der Waals surface area contributed by atoms with E-state index in [1.54, 1.807) is 12.1 Å². The Labute approximate surface area is 121 Å². The van der Waals surface area contributed by atoms with Crippen molar-refractivity contribution in [2.24, 2.45) is 0 Å². The van der Waals surface area contributed by atoms with E-state index in [1.165, 1.54) is 6.07 Å². The van der Waals surface area contributed by atoms with Crippen molar-refractivity contribution in [2.45, 2.75) is 38.2 Å². The summed E-state index contributed by atoms with van der Waals surface area (Å²) < 4.78 is 11.1. The van der Waals surface area contributed by atoms with Crippen LogP contribution < -0.4 is 10.4 Å². The minimum absolute atomic E-state index is 0.0111. The number of ether oxygens (including phenoxy) is 1. The summed E-state index contributed by atoms with van der Waals surface area (Å²) in [7, 11) is 0. The third-order valence-corrected chi connectivity index (χ3v) is 4.00. The second kappa shape index (κ2) is 4.91. The van der Waals surface area contributed by atoms with Crippen LogP contribution in [-0.2, 0) is 4.79 Å². The molecule has 1 aliphatic carbocycles. The topological polar surface area (TPSA) is 76.7 Å². The van der Waals surface area contributed by atoms with Gasteiger partial charge in [-0.1, -0.05) is 0 Å². The molecule has 2 aromatic rings. The Morgan fingerprint density at radius 2 is 2.14 bits per heavy atom. The van der Waals surface area contributed by atoms with E-state index < -0.39 is 17.2 Å². The van der Waals surface area contributed by atoms with E-state index in [0.717, 1.165) is 30.2 Å². The number of aryl methyl sites for hydroxylation is 1. The molecule has 0 saturated heterocycles. The number of fused-ring (bicyclic) bond motifs is 1. The predicted octanol–water partition coefficient (Wildman–Crippen LogP) is 2.88. The molecule has 0 unspecified atom stereocenters. The fourth-order valence-electron chi connectivity index (χ4n) is 2.78.